The van der Waals surface area contributed by atoms with Crippen LogP contribution in [-0.4, -0.2) is 18.6 Å². The van der Waals surface area contributed by atoms with E-state index >= 15 is 0 Å². The van der Waals surface area contributed by atoms with Crippen LogP contribution in [0, 0.1) is 5.92 Å². The molecule has 0 aliphatic carbocycles. The van der Waals surface area contributed by atoms with Gasteiger partial charge in [-0.25, -0.2) is 0 Å². The lowest BCUT2D eigenvalue weighted by Crippen LogP contribution is -2.41. The van der Waals surface area contributed by atoms with E-state index in [1.807, 2.05) is 0 Å². The first-order chi connectivity index (χ1) is 9.47. The van der Waals surface area contributed by atoms with Gasteiger partial charge in [0, 0.05) is 29.6 Å². The number of hydrogen-bond acceptors (Lipinski definition) is 2. The second-order valence-corrected chi connectivity index (χ2v) is 7.36. The first-order valence-electron chi connectivity index (χ1n) is 7.75. The van der Waals surface area contributed by atoms with E-state index in [1.165, 1.54) is 35.1 Å². The quantitative estimate of drug-likeness (QED) is 0.864. The molecular weight excluding hydrogens is 312 g/mol. The standard InChI is InChI=1S/C17H27BrN2/c1-12(2)19-10-15-7-8-17(16(18)9-15)20-11-13(3)5-6-14(20)4/h7-9,12-14,19H,5-6,10-11H2,1-4H3. The minimum Gasteiger partial charge on any atom is -0.368 e. The predicted molar refractivity (Wildman–Crippen MR) is 91.3 cm³/mol. The largest absolute Gasteiger partial charge is 0.368 e. The van der Waals surface area contributed by atoms with E-state index in [-0.39, 0.29) is 0 Å². The van der Waals surface area contributed by atoms with E-state index in [0.717, 1.165) is 12.5 Å². The molecule has 0 amide bonds. The molecule has 1 aromatic rings. The Bertz CT molecular complexity index is 445. The average molecular weight is 339 g/mol. The van der Waals surface area contributed by atoms with Crippen LogP contribution < -0.4 is 10.2 Å². The van der Waals surface area contributed by atoms with Crippen molar-refractivity contribution in [3.8, 4) is 0 Å². The van der Waals surface area contributed by atoms with Gasteiger partial charge in [0.25, 0.3) is 0 Å². The third-order valence-corrected chi connectivity index (χ3v) is 4.79. The van der Waals surface area contributed by atoms with E-state index in [4.69, 9.17) is 0 Å². The van der Waals surface area contributed by atoms with Crippen LogP contribution in [0.1, 0.15) is 46.1 Å². The van der Waals surface area contributed by atoms with Gasteiger partial charge in [-0.05, 0) is 59.3 Å². The summed E-state index contributed by atoms with van der Waals surface area (Å²) >= 11 is 3.77. The topological polar surface area (TPSA) is 15.3 Å². The van der Waals surface area contributed by atoms with Gasteiger partial charge >= 0.3 is 0 Å². The zero-order valence-corrected chi connectivity index (χ0v) is 14.7. The lowest BCUT2D eigenvalue weighted by molar-refractivity contribution is 0.390. The normalized spacial score (nSPS) is 23.4. The molecule has 0 radical (unpaired) electrons. The Kier molecular flexibility index (Phi) is 5.50. The third kappa shape index (κ3) is 3.98. The molecule has 0 saturated carbocycles. The predicted octanol–water partition coefficient (Wildman–Crippen LogP) is 4.57. The molecule has 2 nitrogen and oxygen atoms in total. The minimum atomic E-state index is 0.524. The molecule has 0 aromatic heterocycles. The van der Waals surface area contributed by atoms with Crippen LogP contribution in [-0.2, 0) is 6.54 Å². The Balaban J connectivity index is 2.12. The van der Waals surface area contributed by atoms with Gasteiger partial charge in [-0.3, -0.25) is 0 Å². The number of benzene rings is 1. The van der Waals surface area contributed by atoms with Gasteiger partial charge in [0.15, 0.2) is 0 Å². The van der Waals surface area contributed by atoms with E-state index in [1.54, 1.807) is 0 Å². The van der Waals surface area contributed by atoms with E-state index < -0.39 is 0 Å². The number of rotatable bonds is 4. The van der Waals surface area contributed by atoms with Crippen molar-refractivity contribution in [1.82, 2.24) is 5.32 Å². The molecule has 0 spiro atoms. The van der Waals surface area contributed by atoms with Crippen LogP contribution in [0.2, 0.25) is 0 Å². The monoisotopic (exact) mass is 338 g/mol. The molecule has 3 heteroatoms. The first-order valence-corrected chi connectivity index (χ1v) is 8.55. The van der Waals surface area contributed by atoms with Crippen molar-refractivity contribution in [2.24, 2.45) is 5.92 Å². The third-order valence-electron chi connectivity index (χ3n) is 4.15. The molecule has 1 heterocycles. The Hall–Kier alpha value is -0.540. The van der Waals surface area contributed by atoms with Crippen molar-refractivity contribution in [2.75, 3.05) is 11.4 Å². The second-order valence-electron chi connectivity index (χ2n) is 6.51. The average Bonchev–Trinajstić information content (AvgIpc) is 2.39. The molecule has 1 aliphatic heterocycles. The van der Waals surface area contributed by atoms with Crippen LogP contribution in [0.3, 0.4) is 0 Å². The zero-order chi connectivity index (χ0) is 14.7. The summed E-state index contributed by atoms with van der Waals surface area (Å²) in [6.07, 6.45) is 2.65. The fourth-order valence-electron chi connectivity index (χ4n) is 2.84. The molecule has 1 fully saturated rings. The van der Waals surface area contributed by atoms with Crippen molar-refractivity contribution in [3.05, 3.63) is 28.2 Å². The summed E-state index contributed by atoms with van der Waals surface area (Å²) in [5.41, 5.74) is 2.68. The number of nitrogens with one attached hydrogen (secondary N) is 1. The van der Waals surface area contributed by atoms with Crippen molar-refractivity contribution in [1.29, 1.82) is 0 Å². The fraction of sp³-hybridized carbons (Fsp3) is 0.647. The first kappa shape index (κ1) is 15.8. The van der Waals surface area contributed by atoms with Crippen LogP contribution in [0.25, 0.3) is 0 Å². The number of piperidine rings is 1. The highest BCUT2D eigenvalue weighted by molar-refractivity contribution is 9.10. The second kappa shape index (κ2) is 6.95. The molecule has 2 rings (SSSR count). The van der Waals surface area contributed by atoms with Crippen molar-refractivity contribution >= 4 is 21.6 Å². The Labute approximate surface area is 132 Å². The highest BCUT2D eigenvalue weighted by Gasteiger charge is 2.24. The number of nitrogens with zero attached hydrogens (tertiary/aromatic N) is 1. The van der Waals surface area contributed by atoms with Gasteiger partial charge in [0.1, 0.15) is 0 Å². The van der Waals surface area contributed by atoms with Gasteiger partial charge in [-0.2, -0.15) is 0 Å². The van der Waals surface area contributed by atoms with E-state index in [2.05, 4.69) is 72.0 Å². The lowest BCUT2D eigenvalue weighted by atomic mass is 9.94. The van der Waals surface area contributed by atoms with Gasteiger partial charge in [-0.15, -0.1) is 0 Å². The van der Waals surface area contributed by atoms with Crippen molar-refractivity contribution in [3.63, 3.8) is 0 Å². The summed E-state index contributed by atoms with van der Waals surface area (Å²) in [4.78, 5) is 2.55. The van der Waals surface area contributed by atoms with Crippen LogP contribution in [0.15, 0.2) is 22.7 Å². The molecule has 2 atom stereocenters. The van der Waals surface area contributed by atoms with Crippen molar-refractivity contribution < 1.29 is 0 Å². The molecule has 1 aromatic carbocycles. The number of anilines is 1. The van der Waals surface area contributed by atoms with Gasteiger partial charge in [-0.1, -0.05) is 26.8 Å². The molecule has 1 aliphatic rings. The molecule has 20 heavy (non-hydrogen) atoms. The maximum Gasteiger partial charge on any atom is 0.0513 e. The van der Waals surface area contributed by atoms with Crippen molar-refractivity contribution in [2.45, 2.75) is 59.2 Å². The van der Waals surface area contributed by atoms with E-state index in [9.17, 15) is 0 Å². The molecule has 0 bridgehead atoms. The highest BCUT2D eigenvalue weighted by atomic mass is 79.9. The zero-order valence-electron chi connectivity index (χ0n) is 13.1. The molecular formula is C17H27BrN2. The van der Waals surface area contributed by atoms with Gasteiger partial charge in [0.2, 0.25) is 0 Å². The number of halogens is 1. The Morgan fingerprint density at radius 3 is 2.70 bits per heavy atom. The maximum absolute atomic E-state index is 3.77. The smallest absolute Gasteiger partial charge is 0.0513 e. The molecule has 1 saturated heterocycles. The maximum atomic E-state index is 3.77. The van der Waals surface area contributed by atoms with Crippen LogP contribution in [0.4, 0.5) is 5.69 Å². The Morgan fingerprint density at radius 1 is 1.30 bits per heavy atom. The highest BCUT2D eigenvalue weighted by Crippen LogP contribution is 2.33. The Morgan fingerprint density at radius 2 is 2.05 bits per heavy atom. The van der Waals surface area contributed by atoms with Gasteiger partial charge in [0.05, 0.1) is 5.69 Å². The summed E-state index contributed by atoms with van der Waals surface area (Å²) in [6, 6.07) is 7.95. The SMILES string of the molecule is CC1CCC(C)N(c2ccc(CNC(C)C)cc2Br)C1. The van der Waals surface area contributed by atoms with Crippen LogP contribution >= 0.6 is 15.9 Å². The fourth-order valence-corrected chi connectivity index (χ4v) is 3.49. The molecule has 2 unspecified atom stereocenters. The van der Waals surface area contributed by atoms with E-state index in [0.29, 0.717) is 12.1 Å². The summed E-state index contributed by atoms with van der Waals surface area (Å²) in [5.74, 6) is 0.792. The lowest BCUT2D eigenvalue weighted by Gasteiger charge is -2.39. The summed E-state index contributed by atoms with van der Waals surface area (Å²) in [7, 11) is 0. The molecule has 112 valence electrons. The minimum absolute atomic E-state index is 0.524. The van der Waals surface area contributed by atoms with Gasteiger partial charge < -0.3 is 10.2 Å². The van der Waals surface area contributed by atoms with Crippen LogP contribution in [0.5, 0.6) is 0 Å². The summed E-state index contributed by atoms with van der Waals surface area (Å²) in [6.45, 7) is 11.2. The molecule has 1 N–H and O–H groups in total. The summed E-state index contributed by atoms with van der Waals surface area (Å²) < 4.78 is 1.22. The summed E-state index contributed by atoms with van der Waals surface area (Å²) in [5, 5.41) is 3.47. The number of hydrogen-bond donors (Lipinski definition) is 1.